The van der Waals surface area contributed by atoms with Gasteiger partial charge in [-0.3, -0.25) is 14.5 Å². The third-order valence-electron chi connectivity index (χ3n) is 4.70. The predicted molar refractivity (Wildman–Crippen MR) is 117 cm³/mol. The van der Waals surface area contributed by atoms with E-state index in [1.807, 2.05) is 25.1 Å². The first-order valence-electron chi connectivity index (χ1n) is 9.70. The SMILES string of the molecule is CCC(=O)N(c1nnc(SCC(=O)N(C)Cc2ccc(OC)c(OC)c2)s1)C1CC1. The number of anilines is 1. The average Bonchev–Trinajstić information content (AvgIpc) is 3.48. The van der Waals surface area contributed by atoms with Crippen molar-refractivity contribution in [1.82, 2.24) is 15.1 Å². The molecule has 0 spiro atoms. The van der Waals surface area contributed by atoms with Gasteiger partial charge in [0, 0.05) is 26.1 Å². The van der Waals surface area contributed by atoms with Crippen molar-refractivity contribution in [2.75, 3.05) is 31.9 Å². The van der Waals surface area contributed by atoms with Crippen LogP contribution in [0.15, 0.2) is 22.5 Å². The molecule has 2 amide bonds. The highest BCUT2D eigenvalue weighted by atomic mass is 32.2. The number of carbonyl (C=O) groups is 2. The minimum atomic E-state index is -0.0183. The van der Waals surface area contributed by atoms with Crippen molar-refractivity contribution in [3.63, 3.8) is 0 Å². The Morgan fingerprint density at radius 1 is 1.17 bits per heavy atom. The monoisotopic (exact) mass is 450 g/mol. The maximum Gasteiger partial charge on any atom is 0.233 e. The minimum Gasteiger partial charge on any atom is -0.493 e. The summed E-state index contributed by atoms with van der Waals surface area (Å²) in [5.74, 6) is 1.59. The number of benzene rings is 1. The lowest BCUT2D eigenvalue weighted by Crippen LogP contribution is -2.32. The van der Waals surface area contributed by atoms with Crippen molar-refractivity contribution < 1.29 is 19.1 Å². The van der Waals surface area contributed by atoms with Gasteiger partial charge in [0.25, 0.3) is 0 Å². The van der Waals surface area contributed by atoms with Gasteiger partial charge in [-0.1, -0.05) is 36.1 Å². The third-order valence-corrected chi connectivity index (χ3v) is 6.74. The summed E-state index contributed by atoms with van der Waals surface area (Å²) < 4.78 is 11.3. The molecule has 1 heterocycles. The van der Waals surface area contributed by atoms with Gasteiger partial charge in [0.05, 0.1) is 20.0 Å². The van der Waals surface area contributed by atoms with Gasteiger partial charge >= 0.3 is 0 Å². The normalized spacial score (nSPS) is 13.1. The van der Waals surface area contributed by atoms with E-state index >= 15 is 0 Å². The minimum absolute atomic E-state index is 0.0183. The van der Waals surface area contributed by atoms with Crippen LogP contribution in [0.2, 0.25) is 0 Å². The molecule has 0 radical (unpaired) electrons. The summed E-state index contributed by atoms with van der Waals surface area (Å²) in [5.41, 5.74) is 0.949. The van der Waals surface area contributed by atoms with Crippen molar-refractivity contribution in [3.05, 3.63) is 23.8 Å². The highest BCUT2D eigenvalue weighted by molar-refractivity contribution is 8.01. The Morgan fingerprint density at radius 2 is 1.90 bits per heavy atom. The maximum absolute atomic E-state index is 12.6. The molecule has 0 N–H and O–H groups in total. The molecule has 1 aliphatic carbocycles. The number of ether oxygens (including phenoxy) is 2. The predicted octanol–water partition coefficient (Wildman–Crippen LogP) is 3.21. The summed E-state index contributed by atoms with van der Waals surface area (Å²) in [4.78, 5) is 28.2. The molecule has 2 aromatic rings. The number of aromatic nitrogens is 2. The fourth-order valence-electron chi connectivity index (χ4n) is 2.90. The summed E-state index contributed by atoms with van der Waals surface area (Å²) in [6, 6.07) is 5.85. The Kier molecular flexibility index (Phi) is 7.54. The Balaban J connectivity index is 1.55. The van der Waals surface area contributed by atoms with Gasteiger partial charge in [-0.15, -0.1) is 10.2 Å². The van der Waals surface area contributed by atoms with Crippen molar-refractivity contribution >= 4 is 40.0 Å². The molecule has 0 bridgehead atoms. The van der Waals surface area contributed by atoms with Crippen LogP contribution in [0.1, 0.15) is 31.7 Å². The number of rotatable bonds is 10. The van der Waals surface area contributed by atoms with Gasteiger partial charge in [0.1, 0.15) is 0 Å². The van der Waals surface area contributed by atoms with Gasteiger partial charge in [-0.25, -0.2) is 0 Å². The Labute approximate surface area is 184 Å². The molecule has 1 saturated carbocycles. The van der Waals surface area contributed by atoms with E-state index in [1.54, 1.807) is 31.1 Å². The number of amides is 2. The van der Waals surface area contributed by atoms with Gasteiger partial charge in [0.15, 0.2) is 15.8 Å². The zero-order chi connectivity index (χ0) is 21.7. The van der Waals surface area contributed by atoms with Crippen molar-refractivity contribution in [2.45, 2.75) is 43.1 Å². The molecule has 10 heteroatoms. The zero-order valence-electron chi connectivity index (χ0n) is 17.6. The molecule has 8 nitrogen and oxygen atoms in total. The van der Waals surface area contributed by atoms with E-state index < -0.39 is 0 Å². The Bertz CT molecular complexity index is 901. The summed E-state index contributed by atoms with van der Waals surface area (Å²) >= 11 is 2.71. The molecule has 0 atom stereocenters. The summed E-state index contributed by atoms with van der Waals surface area (Å²) in [6.07, 6.45) is 2.46. The van der Waals surface area contributed by atoms with Crippen LogP contribution in [0, 0.1) is 0 Å². The van der Waals surface area contributed by atoms with Crippen LogP contribution in [0.5, 0.6) is 11.5 Å². The Morgan fingerprint density at radius 3 is 2.53 bits per heavy atom. The second-order valence-corrected chi connectivity index (χ2v) is 9.11. The molecule has 3 rings (SSSR count). The highest BCUT2D eigenvalue weighted by Gasteiger charge is 2.35. The lowest BCUT2D eigenvalue weighted by atomic mass is 10.2. The molecule has 0 unspecified atom stereocenters. The number of carbonyl (C=O) groups excluding carboxylic acids is 2. The van der Waals surface area contributed by atoms with Gasteiger partial charge in [-0.2, -0.15) is 0 Å². The van der Waals surface area contributed by atoms with Crippen LogP contribution >= 0.6 is 23.1 Å². The van der Waals surface area contributed by atoms with E-state index in [0.29, 0.717) is 33.9 Å². The van der Waals surface area contributed by atoms with Crippen molar-refractivity contribution in [2.24, 2.45) is 0 Å². The topological polar surface area (TPSA) is 84.9 Å². The quantitative estimate of drug-likeness (QED) is 0.406. The number of hydrogen-bond donors (Lipinski definition) is 0. The first-order chi connectivity index (χ1) is 14.5. The van der Waals surface area contributed by atoms with Crippen LogP contribution in [-0.4, -0.2) is 60.0 Å². The van der Waals surface area contributed by atoms with E-state index in [1.165, 1.54) is 23.1 Å². The largest absolute Gasteiger partial charge is 0.493 e. The molecule has 1 aromatic carbocycles. The van der Waals surface area contributed by atoms with E-state index in [4.69, 9.17) is 9.47 Å². The number of methoxy groups -OCH3 is 2. The average molecular weight is 451 g/mol. The van der Waals surface area contributed by atoms with E-state index in [0.717, 1.165) is 18.4 Å². The fourth-order valence-corrected chi connectivity index (χ4v) is 4.77. The molecular formula is C20H26N4O4S2. The smallest absolute Gasteiger partial charge is 0.233 e. The molecular weight excluding hydrogens is 424 g/mol. The van der Waals surface area contributed by atoms with Gasteiger partial charge in [0.2, 0.25) is 16.9 Å². The Hall–Kier alpha value is -2.33. The second kappa shape index (κ2) is 10.1. The molecule has 0 aliphatic heterocycles. The summed E-state index contributed by atoms with van der Waals surface area (Å²) in [6.45, 7) is 2.31. The number of thioether (sulfide) groups is 1. The lowest BCUT2D eigenvalue weighted by molar-refractivity contribution is -0.127. The van der Waals surface area contributed by atoms with Crippen LogP contribution in [0.25, 0.3) is 0 Å². The van der Waals surface area contributed by atoms with Crippen molar-refractivity contribution in [3.8, 4) is 11.5 Å². The number of nitrogens with zero attached hydrogens (tertiary/aromatic N) is 4. The zero-order valence-corrected chi connectivity index (χ0v) is 19.2. The van der Waals surface area contributed by atoms with E-state index in [2.05, 4.69) is 10.2 Å². The maximum atomic E-state index is 12.6. The summed E-state index contributed by atoms with van der Waals surface area (Å²) in [5, 5.41) is 8.96. The molecule has 30 heavy (non-hydrogen) atoms. The fraction of sp³-hybridized carbons (Fsp3) is 0.500. The summed E-state index contributed by atoms with van der Waals surface area (Å²) in [7, 11) is 4.94. The molecule has 1 fully saturated rings. The van der Waals surface area contributed by atoms with Gasteiger partial charge < -0.3 is 14.4 Å². The van der Waals surface area contributed by atoms with Crippen LogP contribution in [-0.2, 0) is 16.1 Å². The lowest BCUT2D eigenvalue weighted by Gasteiger charge is -2.18. The molecule has 162 valence electrons. The molecule has 1 aliphatic rings. The first-order valence-corrected chi connectivity index (χ1v) is 11.5. The van der Waals surface area contributed by atoms with Crippen molar-refractivity contribution in [1.29, 1.82) is 0 Å². The van der Waals surface area contributed by atoms with Crippen LogP contribution in [0.4, 0.5) is 5.13 Å². The first kappa shape index (κ1) is 22.4. The van der Waals surface area contributed by atoms with Crippen LogP contribution < -0.4 is 14.4 Å². The van der Waals surface area contributed by atoms with Gasteiger partial charge in [-0.05, 0) is 30.5 Å². The number of hydrogen-bond acceptors (Lipinski definition) is 8. The molecule has 1 aromatic heterocycles. The second-order valence-electron chi connectivity index (χ2n) is 6.93. The molecule has 0 saturated heterocycles. The van der Waals surface area contributed by atoms with E-state index in [9.17, 15) is 9.59 Å². The highest BCUT2D eigenvalue weighted by Crippen LogP contribution is 2.36. The van der Waals surface area contributed by atoms with Crippen LogP contribution in [0.3, 0.4) is 0 Å². The standard InChI is InChI=1S/C20H26N4O4S2/c1-5-17(25)24(14-7-8-14)19-21-22-20(30-19)29-12-18(26)23(2)11-13-6-9-15(27-3)16(10-13)28-4/h6,9-10,14H,5,7-8,11-12H2,1-4H3. The third kappa shape index (κ3) is 5.42. The van der Waals surface area contributed by atoms with E-state index in [-0.39, 0.29) is 23.6 Å².